The Labute approximate surface area is 168 Å². The molecule has 7 nitrogen and oxygen atoms in total. The maximum atomic E-state index is 13.6. The van der Waals surface area contributed by atoms with Gasteiger partial charge in [-0.05, 0) is 63.4 Å². The van der Waals surface area contributed by atoms with E-state index in [4.69, 9.17) is 16.0 Å². The van der Waals surface area contributed by atoms with Gasteiger partial charge in [-0.1, -0.05) is 17.7 Å². The van der Waals surface area contributed by atoms with Crippen LogP contribution < -0.4 is 5.43 Å². The number of hydrazone groups is 1. The quantitative estimate of drug-likeness (QED) is 0.449. The molecule has 0 saturated heterocycles. The molecule has 4 rings (SSSR count). The monoisotopic (exact) mass is 402 g/mol. The molecule has 1 atom stereocenters. The fourth-order valence-electron chi connectivity index (χ4n) is 4.19. The van der Waals surface area contributed by atoms with Crippen molar-refractivity contribution in [3.8, 4) is 0 Å². The van der Waals surface area contributed by atoms with Gasteiger partial charge in [-0.2, -0.15) is 9.84 Å². The molecule has 28 heavy (non-hydrogen) atoms. The van der Waals surface area contributed by atoms with Crippen molar-refractivity contribution < 1.29 is 14.4 Å². The van der Waals surface area contributed by atoms with E-state index in [1.807, 2.05) is 12.1 Å². The molecule has 148 valence electrons. The fraction of sp³-hybridized carbons (Fsp3) is 0.400. The molecule has 1 aromatic carbocycles. The molecule has 0 bridgehead atoms. The Kier molecular flexibility index (Phi) is 4.69. The third-order valence-corrected chi connectivity index (χ3v) is 5.78. The lowest BCUT2D eigenvalue weighted by atomic mass is 9.86. The summed E-state index contributed by atoms with van der Waals surface area (Å²) in [7, 11) is 0. The maximum absolute atomic E-state index is 13.6. The molecule has 0 amide bonds. The molecule has 2 aromatic rings. The Morgan fingerprint density at radius 1 is 1.29 bits per heavy atom. The Balaban J connectivity index is 1.79. The SMILES string of the molecule is CC1(C)C(c2ccco2)=[N+]([O-])[C@@]2(CCCCC2=NNc2cccc(Cl)c2)N1O. The van der Waals surface area contributed by atoms with Crippen LogP contribution in [0.5, 0.6) is 0 Å². The summed E-state index contributed by atoms with van der Waals surface area (Å²) >= 11 is 6.04. The lowest BCUT2D eigenvalue weighted by Gasteiger charge is -2.38. The number of furan rings is 1. The zero-order chi connectivity index (χ0) is 19.9. The highest BCUT2D eigenvalue weighted by atomic mass is 35.5. The van der Waals surface area contributed by atoms with Crippen LogP contribution in [0.15, 0.2) is 52.2 Å². The zero-order valence-corrected chi connectivity index (χ0v) is 16.6. The van der Waals surface area contributed by atoms with E-state index in [0.717, 1.165) is 28.3 Å². The second-order valence-electron chi connectivity index (χ2n) is 7.70. The molecule has 1 spiro atoms. The standard InChI is InChI=1S/C20H23ClN4O3/c1-19(2)18(16-9-6-12-28-16)24(26)20(25(19)27)11-4-3-10-17(20)23-22-15-8-5-7-14(21)13-15/h5-9,12-13,22,27H,3-4,10-11H2,1-2H3/t20-/m0/s1. The van der Waals surface area contributed by atoms with Gasteiger partial charge in [0.15, 0.2) is 5.76 Å². The highest BCUT2D eigenvalue weighted by Crippen LogP contribution is 2.42. The van der Waals surface area contributed by atoms with Gasteiger partial charge in [0.25, 0.3) is 11.4 Å². The lowest BCUT2D eigenvalue weighted by Crippen LogP contribution is -2.60. The summed E-state index contributed by atoms with van der Waals surface area (Å²) in [6.45, 7) is 3.61. The number of nitrogens with one attached hydrogen (secondary N) is 1. The van der Waals surface area contributed by atoms with Crippen LogP contribution in [0.25, 0.3) is 0 Å². The van der Waals surface area contributed by atoms with Crippen molar-refractivity contribution in [1.82, 2.24) is 5.06 Å². The van der Waals surface area contributed by atoms with Crippen molar-refractivity contribution in [3.05, 3.63) is 58.7 Å². The van der Waals surface area contributed by atoms with Crippen LogP contribution >= 0.6 is 11.6 Å². The summed E-state index contributed by atoms with van der Waals surface area (Å²) < 4.78 is 6.38. The number of nitrogens with zero attached hydrogens (tertiary/aromatic N) is 3. The van der Waals surface area contributed by atoms with Crippen LogP contribution in [0.2, 0.25) is 5.02 Å². The van der Waals surface area contributed by atoms with Crippen LogP contribution in [0, 0.1) is 5.21 Å². The lowest BCUT2D eigenvalue weighted by molar-refractivity contribution is -0.568. The third kappa shape index (κ3) is 2.82. The third-order valence-electron chi connectivity index (χ3n) is 5.55. The highest BCUT2D eigenvalue weighted by molar-refractivity contribution is 6.30. The summed E-state index contributed by atoms with van der Waals surface area (Å²) in [5, 5.41) is 31.0. The van der Waals surface area contributed by atoms with Crippen LogP contribution in [0.4, 0.5) is 5.69 Å². The van der Waals surface area contributed by atoms with Gasteiger partial charge in [-0.15, -0.1) is 5.06 Å². The second-order valence-corrected chi connectivity index (χ2v) is 8.13. The van der Waals surface area contributed by atoms with Crippen molar-refractivity contribution in [1.29, 1.82) is 0 Å². The average molecular weight is 403 g/mol. The number of hydroxylamine groups is 3. The first kappa shape index (κ1) is 19.0. The number of anilines is 1. The molecule has 2 heterocycles. The van der Waals surface area contributed by atoms with E-state index < -0.39 is 11.2 Å². The van der Waals surface area contributed by atoms with Crippen molar-refractivity contribution in [2.75, 3.05) is 5.43 Å². The van der Waals surface area contributed by atoms with Gasteiger partial charge in [0.1, 0.15) is 11.3 Å². The van der Waals surface area contributed by atoms with E-state index in [1.54, 1.807) is 38.1 Å². The topological polar surface area (TPSA) is 87.1 Å². The van der Waals surface area contributed by atoms with E-state index in [1.165, 1.54) is 6.26 Å². The Morgan fingerprint density at radius 3 is 2.82 bits per heavy atom. The number of benzene rings is 1. The van der Waals surface area contributed by atoms with E-state index in [-0.39, 0.29) is 0 Å². The largest absolute Gasteiger partial charge is 0.622 e. The van der Waals surface area contributed by atoms with Crippen LogP contribution in [0.1, 0.15) is 45.3 Å². The van der Waals surface area contributed by atoms with Crippen molar-refractivity contribution in [2.24, 2.45) is 5.10 Å². The first-order valence-corrected chi connectivity index (χ1v) is 9.71. The van der Waals surface area contributed by atoms with Gasteiger partial charge in [0, 0.05) is 11.4 Å². The molecule has 1 aromatic heterocycles. The van der Waals surface area contributed by atoms with E-state index >= 15 is 0 Å². The summed E-state index contributed by atoms with van der Waals surface area (Å²) in [6, 6.07) is 10.7. The number of halogens is 1. The van der Waals surface area contributed by atoms with Crippen LogP contribution in [-0.4, -0.2) is 37.6 Å². The molecular weight excluding hydrogens is 380 g/mol. The van der Waals surface area contributed by atoms with Gasteiger partial charge in [-0.3, -0.25) is 5.43 Å². The van der Waals surface area contributed by atoms with E-state index in [2.05, 4.69) is 10.5 Å². The van der Waals surface area contributed by atoms with Crippen molar-refractivity contribution in [2.45, 2.75) is 50.7 Å². The minimum absolute atomic E-state index is 0.386. The number of hydrogen-bond acceptors (Lipinski definition) is 6. The minimum Gasteiger partial charge on any atom is -0.622 e. The Hall–Kier alpha value is -2.35. The van der Waals surface area contributed by atoms with Gasteiger partial charge < -0.3 is 14.8 Å². The summed E-state index contributed by atoms with van der Waals surface area (Å²) in [4.78, 5) is 0. The minimum atomic E-state index is -1.27. The van der Waals surface area contributed by atoms with Crippen LogP contribution in [-0.2, 0) is 0 Å². The summed E-state index contributed by atoms with van der Waals surface area (Å²) in [5.74, 6) is 0.448. The highest BCUT2D eigenvalue weighted by Gasteiger charge is 2.66. The van der Waals surface area contributed by atoms with Crippen molar-refractivity contribution >= 4 is 28.7 Å². The number of rotatable bonds is 3. The smallest absolute Gasteiger partial charge is 0.292 e. The molecule has 0 unspecified atom stereocenters. The fourth-order valence-corrected chi connectivity index (χ4v) is 4.38. The van der Waals surface area contributed by atoms with Crippen LogP contribution in [0.3, 0.4) is 0 Å². The first-order valence-electron chi connectivity index (χ1n) is 9.34. The molecule has 1 aliphatic carbocycles. The van der Waals surface area contributed by atoms with E-state index in [9.17, 15) is 10.4 Å². The molecule has 2 N–H and O–H groups in total. The van der Waals surface area contributed by atoms with Gasteiger partial charge in [0.2, 0.25) is 0 Å². The summed E-state index contributed by atoms with van der Waals surface area (Å²) in [6.07, 6.45) is 4.31. The molecule has 1 saturated carbocycles. The van der Waals surface area contributed by atoms with E-state index in [0.29, 0.717) is 35.0 Å². The molecule has 1 fully saturated rings. The molecular formula is C20H23ClN4O3. The normalized spacial score (nSPS) is 26.4. The maximum Gasteiger partial charge on any atom is 0.292 e. The summed E-state index contributed by atoms with van der Waals surface area (Å²) in [5.41, 5.74) is 2.48. The molecule has 1 aliphatic heterocycles. The first-order chi connectivity index (χ1) is 13.4. The van der Waals surface area contributed by atoms with Gasteiger partial charge >= 0.3 is 0 Å². The Bertz CT molecular complexity index is 939. The zero-order valence-electron chi connectivity index (χ0n) is 15.9. The molecule has 8 heteroatoms. The average Bonchev–Trinajstić information content (AvgIpc) is 3.23. The predicted molar refractivity (Wildman–Crippen MR) is 108 cm³/mol. The molecule has 0 radical (unpaired) electrons. The Morgan fingerprint density at radius 2 is 2.11 bits per heavy atom. The van der Waals surface area contributed by atoms with Gasteiger partial charge in [0.05, 0.1) is 12.0 Å². The molecule has 2 aliphatic rings. The number of hydrogen-bond donors (Lipinski definition) is 2. The predicted octanol–water partition coefficient (Wildman–Crippen LogP) is 4.45. The van der Waals surface area contributed by atoms with Crippen molar-refractivity contribution in [3.63, 3.8) is 0 Å². The second kappa shape index (κ2) is 6.92. The van der Waals surface area contributed by atoms with Gasteiger partial charge in [-0.25, -0.2) is 0 Å².